The highest BCUT2D eigenvalue weighted by atomic mass is 32.1. The number of fused-ring (bicyclic) bond motifs is 6. The van der Waals surface area contributed by atoms with Crippen LogP contribution in [0.15, 0.2) is 63.9 Å². The number of hydrogen-bond donors (Lipinski definition) is 2. The average molecular weight is 542 g/mol. The maximum Gasteiger partial charge on any atom is 0.344 e. The van der Waals surface area contributed by atoms with Gasteiger partial charge in [0.1, 0.15) is 22.1 Å². The molecule has 2 N–H and O–H groups in total. The molecule has 39 heavy (non-hydrogen) atoms. The SMILES string of the molecule is COc1ccc(C2c3c(c4ccccc4oc3=O)Oc3[nH]c(=S)[n+]4[nH]nnc4c32)cc1-c1cnc(F)c(C)c1. The number of benzene rings is 2. The highest BCUT2D eigenvalue weighted by Crippen LogP contribution is 2.49. The lowest BCUT2D eigenvalue weighted by Gasteiger charge is -2.26. The number of aryl methyl sites for hydroxylation is 1. The summed E-state index contributed by atoms with van der Waals surface area (Å²) in [5, 5.41) is 11.5. The second-order valence-corrected chi connectivity index (χ2v) is 9.47. The second-order valence-electron chi connectivity index (χ2n) is 9.09. The van der Waals surface area contributed by atoms with Gasteiger partial charge in [0.2, 0.25) is 5.95 Å². The molecule has 0 amide bonds. The Labute approximate surface area is 223 Å². The molecular weight excluding hydrogens is 523 g/mol. The molecule has 0 fully saturated rings. The van der Waals surface area contributed by atoms with Crippen molar-refractivity contribution in [2.24, 2.45) is 0 Å². The van der Waals surface area contributed by atoms with Gasteiger partial charge in [-0.25, -0.2) is 14.8 Å². The molecule has 12 heteroatoms. The second kappa shape index (κ2) is 8.53. The molecule has 1 aliphatic heterocycles. The third-order valence-corrected chi connectivity index (χ3v) is 7.16. The van der Waals surface area contributed by atoms with Crippen molar-refractivity contribution in [1.29, 1.82) is 0 Å². The summed E-state index contributed by atoms with van der Waals surface area (Å²) in [5.41, 5.74) is 3.46. The van der Waals surface area contributed by atoms with Crippen LogP contribution in [-0.2, 0) is 0 Å². The number of H-pyrrole nitrogens is 2. The minimum absolute atomic E-state index is 0.284. The molecule has 0 saturated heterocycles. The molecule has 192 valence electrons. The lowest BCUT2D eigenvalue weighted by molar-refractivity contribution is -0.593. The van der Waals surface area contributed by atoms with Gasteiger partial charge in [-0.1, -0.05) is 23.4 Å². The Balaban J connectivity index is 1.57. The molecule has 5 heterocycles. The molecule has 0 saturated carbocycles. The lowest BCUT2D eigenvalue weighted by Crippen LogP contribution is -2.31. The number of pyridine rings is 1. The van der Waals surface area contributed by atoms with Gasteiger partial charge in [0.25, 0.3) is 10.7 Å². The normalized spacial score (nSPS) is 14.2. The molecule has 0 bridgehead atoms. The van der Waals surface area contributed by atoms with Crippen molar-refractivity contribution >= 4 is 28.8 Å². The van der Waals surface area contributed by atoms with E-state index in [0.29, 0.717) is 67.4 Å². The standard InChI is InChI=1S/C27H17FN6O4S/c1-12-9-14(11-29-23(12)28)16-10-13(7-8-17(16)36-2)19-20-22(15-5-3-4-6-18(15)37-26(20)35)38-25-21(19)24-31-32-33-34(24)27(39)30-25/h3-11,19H,1-2H3,(H,30,31,33,39)/p+1. The smallest absolute Gasteiger partial charge is 0.344 e. The van der Waals surface area contributed by atoms with Crippen LogP contribution >= 0.6 is 12.2 Å². The van der Waals surface area contributed by atoms with Crippen LogP contribution in [0.5, 0.6) is 17.4 Å². The Morgan fingerprint density at radius 3 is 2.82 bits per heavy atom. The van der Waals surface area contributed by atoms with E-state index in [1.165, 1.54) is 10.7 Å². The third-order valence-electron chi connectivity index (χ3n) is 6.87. The molecule has 6 aromatic rings. The number of aromatic amines is 2. The number of nitrogens with one attached hydrogen (secondary N) is 2. The monoisotopic (exact) mass is 541 g/mol. The minimum atomic E-state index is -0.698. The Hall–Kier alpha value is -4.97. The van der Waals surface area contributed by atoms with Gasteiger partial charge in [0, 0.05) is 22.9 Å². The molecule has 7 rings (SSSR count). The summed E-state index contributed by atoms with van der Waals surface area (Å²) in [6.45, 7) is 1.64. The first-order valence-electron chi connectivity index (χ1n) is 11.9. The van der Waals surface area contributed by atoms with Crippen LogP contribution in [-0.4, -0.2) is 32.6 Å². The molecule has 4 aromatic heterocycles. The van der Waals surface area contributed by atoms with E-state index < -0.39 is 17.5 Å². The summed E-state index contributed by atoms with van der Waals surface area (Å²) in [6, 6.07) is 14.4. The predicted octanol–water partition coefficient (Wildman–Crippen LogP) is 4.51. The van der Waals surface area contributed by atoms with E-state index in [1.807, 2.05) is 24.3 Å². The van der Waals surface area contributed by atoms with Gasteiger partial charge < -0.3 is 13.9 Å². The fraction of sp³-hybridized carbons (Fsp3) is 0.111. The number of nitrogens with zero attached hydrogens (tertiary/aromatic N) is 4. The zero-order valence-corrected chi connectivity index (χ0v) is 21.3. The third kappa shape index (κ3) is 3.45. The maximum absolute atomic E-state index is 14.0. The first-order valence-corrected chi connectivity index (χ1v) is 12.3. The molecule has 10 nitrogen and oxygen atoms in total. The summed E-state index contributed by atoms with van der Waals surface area (Å²) < 4.78 is 33.5. The summed E-state index contributed by atoms with van der Waals surface area (Å²) in [6.07, 6.45) is 1.45. The number of tetrazole rings is 1. The number of halogens is 1. The summed E-state index contributed by atoms with van der Waals surface area (Å²) in [7, 11) is 1.55. The van der Waals surface area contributed by atoms with Crippen LogP contribution in [0.3, 0.4) is 0 Å². The van der Waals surface area contributed by atoms with Crippen molar-refractivity contribution in [3.63, 3.8) is 0 Å². The van der Waals surface area contributed by atoms with Crippen LogP contribution < -0.4 is 19.6 Å². The summed E-state index contributed by atoms with van der Waals surface area (Å²) in [5.74, 6) is -0.00609. The van der Waals surface area contributed by atoms with Crippen molar-refractivity contribution in [2.45, 2.75) is 12.8 Å². The first-order chi connectivity index (χ1) is 18.9. The van der Waals surface area contributed by atoms with E-state index >= 15 is 0 Å². The van der Waals surface area contributed by atoms with E-state index in [9.17, 15) is 9.18 Å². The van der Waals surface area contributed by atoms with E-state index in [1.54, 1.807) is 38.3 Å². The van der Waals surface area contributed by atoms with E-state index in [0.717, 1.165) is 0 Å². The molecular formula is C27H18FN6O4S+. The largest absolute Gasteiger partial charge is 0.496 e. The Morgan fingerprint density at radius 1 is 1.15 bits per heavy atom. The summed E-state index contributed by atoms with van der Waals surface area (Å²) >= 11 is 5.49. The average Bonchev–Trinajstić information content (AvgIpc) is 3.44. The van der Waals surface area contributed by atoms with E-state index in [4.69, 9.17) is 26.1 Å². The Morgan fingerprint density at radius 2 is 2.00 bits per heavy atom. The van der Waals surface area contributed by atoms with Crippen molar-refractivity contribution in [1.82, 2.24) is 25.5 Å². The summed E-state index contributed by atoms with van der Waals surface area (Å²) in [4.78, 5) is 20.6. The number of para-hydroxylation sites is 1. The van der Waals surface area contributed by atoms with Gasteiger partial charge in [-0.15, -0.1) is 4.52 Å². The van der Waals surface area contributed by atoms with E-state index in [-0.39, 0.29) is 4.77 Å². The van der Waals surface area contributed by atoms with Gasteiger partial charge in [-0.3, -0.25) is 0 Å². The minimum Gasteiger partial charge on any atom is -0.496 e. The topological polar surface area (TPSA) is 123 Å². The van der Waals surface area contributed by atoms with Crippen LogP contribution in [0.25, 0.3) is 27.7 Å². The fourth-order valence-corrected chi connectivity index (χ4v) is 5.32. The lowest BCUT2D eigenvalue weighted by atomic mass is 9.83. The van der Waals surface area contributed by atoms with Crippen LogP contribution in [0.2, 0.25) is 0 Å². The maximum atomic E-state index is 14.0. The number of rotatable bonds is 3. The van der Waals surface area contributed by atoms with Gasteiger partial charge in [0.05, 0.1) is 29.1 Å². The fourth-order valence-electron chi connectivity index (χ4n) is 5.10. The van der Waals surface area contributed by atoms with Crippen molar-refractivity contribution in [3.05, 3.63) is 98.1 Å². The highest BCUT2D eigenvalue weighted by Gasteiger charge is 2.40. The van der Waals surface area contributed by atoms with Crippen molar-refractivity contribution in [3.8, 4) is 28.5 Å². The Kier molecular flexibility index (Phi) is 5.07. The number of hydrogen-bond acceptors (Lipinski definition) is 8. The Bertz CT molecular complexity index is 2090. The van der Waals surface area contributed by atoms with Crippen LogP contribution in [0.1, 0.15) is 28.2 Å². The van der Waals surface area contributed by atoms with Gasteiger partial charge in [-0.2, -0.15) is 4.39 Å². The van der Waals surface area contributed by atoms with Gasteiger partial charge in [0.15, 0.2) is 5.75 Å². The number of aromatic nitrogens is 6. The molecule has 0 radical (unpaired) electrons. The van der Waals surface area contributed by atoms with E-state index in [2.05, 4.69) is 25.5 Å². The molecule has 2 aromatic carbocycles. The van der Waals surface area contributed by atoms with Gasteiger partial charge in [-0.05, 0) is 55.0 Å². The van der Waals surface area contributed by atoms with Crippen LogP contribution in [0, 0.1) is 17.6 Å². The quantitative estimate of drug-likeness (QED) is 0.145. The predicted molar refractivity (Wildman–Crippen MR) is 139 cm³/mol. The van der Waals surface area contributed by atoms with Crippen LogP contribution in [0.4, 0.5) is 4.39 Å². The molecule has 0 spiro atoms. The molecule has 0 aliphatic carbocycles. The number of ether oxygens (including phenoxy) is 2. The molecule has 1 aliphatic rings. The van der Waals surface area contributed by atoms with Crippen molar-refractivity contribution < 1.29 is 22.8 Å². The van der Waals surface area contributed by atoms with Crippen molar-refractivity contribution in [2.75, 3.05) is 7.11 Å². The highest BCUT2D eigenvalue weighted by molar-refractivity contribution is 7.71. The molecule has 1 unspecified atom stereocenters. The number of methoxy groups -OCH3 is 1. The molecule has 1 atom stereocenters. The zero-order valence-electron chi connectivity index (χ0n) is 20.5. The zero-order chi connectivity index (χ0) is 26.8. The van der Waals surface area contributed by atoms with Gasteiger partial charge >= 0.3 is 11.3 Å². The first kappa shape index (κ1) is 23.2.